The molecular formula is C13H21NO4. The fraction of sp³-hybridized carbons (Fsp3) is 0.846. The van der Waals surface area contributed by atoms with E-state index in [4.69, 9.17) is 9.47 Å². The van der Waals surface area contributed by atoms with E-state index in [1.165, 1.54) is 7.11 Å². The first-order valence-corrected chi connectivity index (χ1v) is 6.35. The number of hydrogen-bond donors (Lipinski definition) is 0. The Balaban J connectivity index is 2.03. The molecule has 5 nitrogen and oxygen atoms in total. The minimum absolute atomic E-state index is 0.190. The fourth-order valence-corrected chi connectivity index (χ4v) is 2.84. The van der Waals surface area contributed by atoms with Gasteiger partial charge in [0.2, 0.25) is 0 Å². The second-order valence-electron chi connectivity index (χ2n) is 6.24. The summed E-state index contributed by atoms with van der Waals surface area (Å²) in [6.07, 6.45) is 1.46. The molecule has 2 unspecified atom stereocenters. The second kappa shape index (κ2) is 4.14. The Morgan fingerprint density at radius 2 is 2.00 bits per heavy atom. The second-order valence-corrected chi connectivity index (χ2v) is 6.24. The molecule has 1 aliphatic heterocycles. The van der Waals surface area contributed by atoms with Gasteiger partial charge in [-0.1, -0.05) is 0 Å². The summed E-state index contributed by atoms with van der Waals surface area (Å²) in [6.45, 7) is 6.55. The lowest BCUT2D eigenvalue weighted by atomic mass is 9.62. The first-order valence-electron chi connectivity index (χ1n) is 6.35. The van der Waals surface area contributed by atoms with E-state index in [-0.39, 0.29) is 18.0 Å². The third-order valence-electron chi connectivity index (χ3n) is 3.88. The number of rotatable bonds is 1. The molecule has 0 aromatic carbocycles. The topological polar surface area (TPSA) is 55.8 Å². The Morgan fingerprint density at radius 3 is 2.44 bits per heavy atom. The van der Waals surface area contributed by atoms with Crippen LogP contribution in [0.1, 0.15) is 33.6 Å². The van der Waals surface area contributed by atoms with Crippen molar-refractivity contribution in [2.75, 3.05) is 20.2 Å². The summed E-state index contributed by atoms with van der Waals surface area (Å²) in [4.78, 5) is 25.5. The van der Waals surface area contributed by atoms with Crippen molar-refractivity contribution < 1.29 is 19.1 Å². The van der Waals surface area contributed by atoms with E-state index < -0.39 is 11.0 Å². The fourth-order valence-electron chi connectivity index (χ4n) is 2.84. The highest BCUT2D eigenvalue weighted by molar-refractivity contribution is 5.81. The summed E-state index contributed by atoms with van der Waals surface area (Å²) in [5.41, 5.74) is -0.969. The van der Waals surface area contributed by atoms with Gasteiger partial charge >= 0.3 is 12.1 Å². The number of carbonyl (C=O) groups is 2. The number of fused-ring (bicyclic) bond motifs is 1. The molecule has 2 atom stereocenters. The molecule has 1 amide bonds. The molecule has 102 valence electrons. The quantitative estimate of drug-likeness (QED) is 0.670. The van der Waals surface area contributed by atoms with Crippen LogP contribution < -0.4 is 0 Å². The van der Waals surface area contributed by atoms with Crippen molar-refractivity contribution in [1.82, 2.24) is 4.90 Å². The maximum atomic E-state index is 12.0. The molecule has 0 aromatic rings. The summed E-state index contributed by atoms with van der Waals surface area (Å²) in [5.74, 6) is 0.0438. The predicted molar refractivity (Wildman–Crippen MR) is 65.0 cm³/mol. The number of hydrogen-bond acceptors (Lipinski definition) is 4. The Hall–Kier alpha value is -1.26. The Labute approximate surface area is 107 Å². The van der Waals surface area contributed by atoms with Crippen molar-refractivity contribution in [3.8, 4) is 0 Å². The van der Waals surface area contributed by atoms with Crippen LogP contribution in [-0.4, -0.2) is 42.8 Å². The number of amides is 1. The van der Waals surface area contributed by atoms with Crippen LogP contribution in [-0.2, 0) is 14.3 Å². The molecule has 1 saturated heterocycles. The molecule has 0 radical (unpaired) electrons. The largest absolute Gasteiger partial charge is 0.469 e. The number of ether oxygens (including phenoxy) is 2. The lowest BCUT2D eigenvalue weighted by Gasteiger charge is -2.40. The summed E-state index contributed by atoms with van der Waals surface area (Å²) < 4.78 is 10.2. The van der Waals surface area contributed by atoms with E-state index in [1.54, 1.807) is 4.90 Å². The SMILES string of the molecule is COC(=O)C12CCC1CN(C(=O)OC(C)(C)C)C2. The average molecular weight is 255 g/mol. The van der Waals surface area contributed by atoms with Crippen LogP contribution >= 0.6 is 0 Å². The Kier molecular flexibility index (Phi) is 3.03. The Bertz CT molecular complexity index is 374. The van der Waals surface area contributed by atoms with Crippen molar-refractivity contribution in [1.29, 1.82) is 0 Å². The first kappa shape index (κ1) is 13.2. The molecule has 1 saturated carbocycles. The van der Waals surface area contributed by atoms with Gasteiger partial charge in [0.25, 0.3) is 0 Å². The van der Waals surface area contributed by atoms with Gasteiger partial charge in [-0.15, -0.1) is 0 Å². The van der Waals surface area contributed by atoms with E-state index in [0.29, 0.717) is 13.1 Å². The van der Waals surface area contributed by atoms with Crippen molar-refractivity contribution in [2.45, 2.75) is 39.2 Å². The lowest BCUT2D eigenvalue weighted by Crippen LogP contribution is -2.47. The number of nitrogens with zero attached hydrogens (tertiary/aromatic N) is 1. The van der Waals surface area contributed by atoms with E-state index >= 15 is 0 Å². The van der Waals surface area contributed by atoms with Crippen molar-refractivity contribution in [3.63, 3.8) is 0 Å². The van der Waals surface area contributed by atoms with E-state index in [1.807, 2.05) is 20.8 Å². The van der Waals surface area contributed by atoms with Crippen LogP contribution in [0, 0.1) is 11.3 Å². The molecule has 0 aromatic heterocycles. The number of methoxy groups -OCH3 is 1. The monoisotopic (exact) mass is 255 g/mol. The molecular weight excluding hydrogens is 234 g/mol. The lowest BCUT2D eigenvalue weighted by molar-refractivity contribution is -0.160. The standard InChI is InChI=1S/C13H21NO4/c1-12(2,3)18-11(16)14-7-9-5-6-13(9,8-14)10(15)17-4/h9H,5-8H2,1-4H3. The molecule has 5 heteroatoms. The Morgan fingerprint density at radius 1 is 1.33 bits per heavy atom. The molecule has 1 heterocycles. The normalized spacial score (nSPS) is 30.4. The van der Waals surface area contributed by atoms with Gasteiger partial charge < -0.3 is 14.4 Å². The summed E-state index contributed by atoms with van der Waals surface area (Å²) in [7, 11) is 1.41. The van der Waals surface area contributed by atoms with E-state index in [9.17, 15) is 9.59 Å². The van der Waals surface area contributed by atoms with Crippen molar-refractivity contribution >= 4 is 12.1 Å². The van der Waals surface area contributed by atoms with Crippen LogP contribution in [0.25, 0.3) is 0 Å². The zero-order valence-electron chi connectivity index (χ0n) is 11.5. The summed E-state index contributed by atoms with van der Waals surface area (Å²) >= 11 is 0. The van der Waals surface area contributed by atoms with Gasteiger partial charge in [-0.05, 0) is 39.5 Å². The summed E-state index contributed by atoms with van der Waals surface area (Å²) in [5, 5.41) is 0. The van der Waals surface area contributed by atoms with Crippen LogP contribution in [0.15, 0.2) is 0 Å². The molecule has 2 aliphatic rings. The zero-order chi connectivity index (χ0) is 13.6. The van der Waals surface area contributed by atoms with Gasteiger partial charge in [-0.3, -0.25) is 4.79 Å². The molecule has 0 spiro atoms. The number of carbonyl (C=O) groups excluding carboxylic acids is 2. The zero-order valence-corrected chi connectivity index (χ0v) is 11.5. The average Bonchev–Trinajstić information content (AvgIpc) is 2.49. The third kappa shape index (κ3) is 2.06. The maximum absolute atomic E-state index is 12.0. The molecule has 1 aliphatic carbocycles. The van der Waals surface area contributed by atoms with Crippen LogP contribution in [0.3, 0.4) is 0 Å². The van der Waals surface area contributed by atoms with Gasteiger partial charge in [0, 0.05) is 13.1 Å². The van der Waals surface area contributed by atoms with Gasteiger partial charge in [0.1, 0.15) is 5.60 Å². The minimum atomic E-state index is -0.503. The first-order chi connectivity index (χ1) is 8.28. The van der Waals surface area contributed by atoms with Crippen molar-refractivity contribution in [2.24, 2.45) is 11.3 Å². The highest BCUT2D eigenvalue weighted by Crippen LogP contribution is 2.52. The number of likely N-dealkylation sites (tertiary alicyclic amines) is 1. The predicted octanol–water partition coefficient (Wildman–Crippen LogP) is 1.81. The smallest absolute Gasteiger partial charge is 0.410 e. The maximum Gasteiger partial charge on any atom is 0.410 e. The third-order valence-corrected chi connectivity index (χ3v) is 3.88. The molecule has 18 heavy (non-hydrogen) atoms. The van der Waals surface area contributed by atoms with Gasteiger partial charge in [0.15, 0.2) is 0 Å². The van der Waals surface area contributed by atoms with Crippen LogP contribution in [0.4, 0.5) is 4.79 Å². The van der Waals surface area contributed by atoms with Crippen LogP contribution in [0.5, 0.6) is 0 Å². The minimum Gasteiger partial charge on any atom is -0.469 e. The van der Waals surface area contributed by atoms with E-state index in [2.05, 4.69) is 0 Å². The molecule has 2 fully saturated rings. The van der Waals surface area contributed by atoms with Crippen molar-refractivity contribution in [3.05, 3.63) is 0 Å². The highest BCUT2D eigenvalue weighted by Gasteiger charge is 2.60. The highest BCUT2D eigenvalue weighted by atomic mass is 16.6. The molecule has 0 N–H and O–H groups in total. The van der Waals surface area contributed by atoms with Crippen LogP contribution in [0.2, 0.25) is 0 Å². The molecule has 2 rings (SSSR count). The molecule has 0 bridgehead atoms. The van der Waals surface area contributed by atoms with Gasteiger partial charge in [0.05, 0.1) is 12.5 Å². The number of esters is 1. The van der Waals surface area contributed by atoms with Gasteiger partial charge in [-0.2, -0.15) is 0 Å². The van der Waals surface area contributed by atoms with E-state index in [0.717, 1.165) is 12.8 Å². The summed E-state index contributed by atoms with van der Waals surface area (Å²) in [6, 6.07) is 0. The van der Waals surface area contributed by atoms with Gasteiger partial charge in [-0.25, -0.2) is 4.79 Å².